The number of carbonyl (C=O) groups excluding carboxylic acids is 2. The predicted molar refractivity (Wildman–Crippen MR) is 80.7 cm³/mol. The van der Waals surface area contributed by atoms with Crippen molar-refractivity contribution in [1.82, 2.24) is 10.2 Å². The molecule has 21 heavy (non-hydrogen) atoms. The lowest BCUT2D eigenvalue weighted by molar-refractivity contribution is -0.158. The molecule has 2 aliphatic heterocycles. The molecule has 1 N–H and O–H groups in total. The van der Waals surface area contributed by atoms with Crippen molar-refractivity contribution in [2.24, 2.45) is 11.8 Å². The van der Waals surface area contributed by atoms with Gasteiger partial charge in [0.05, 0.1) is 12.1 Å². The molecular formula is C16H28N2O3. The summed E-state index contributed by atoms with van der Waals surface area (Å²) in [6, 6.07) is -0.872. The lowest BCUT2D eigenvalue weighted by atomic mass is 9.90. The van der Waals surface area contributed by atoms with Crippen molar-refractivity contribution < 1.29 is 14.3 Å². The van der Waals surface area contributed by atoms with Gasteiger partial charge in [-0.15, -0.1) is 0 Å². The number of piperazine rings is 1. The summed E-state index contributed by atoms with van der Waals surface area (Å²) < 4.78 is 5.75. The highest BCUT2D eigenvalue weighted by Gasteiger charge is 2.46. The summed E-state index contributed by atoms with van der Waals surface area (Å²) in [5.74, 6) is 0.180. The molecule has 0 aromatic carbocycles. The van der Waals surface area contributed by atoms with E-state index in [9.17, 15) is 9.59 Å². The van der Waals surface area contributed by atoms with Gasteiger partial charge in [0.2, 0.25) is 11.8 Å². The third kappa shape index (κ3) is 3.07. The number of hydrogen-bond donors (Lipinski definition) is 1. The maximum absolute atomic E-state index is 12.9. The largest absolute Gasteiger partial charge is 0.376 e. The van der Waals surface area contributed by atoms with E-state index in [2.05, 4.69) is 5.32 Å². The minimum Gasteiger partial charge on any atom is -0.376 e. The first kappa shape index (κ1) is 16.3. The highest BCUT2D eigenvalue weighted by Crippen LogP contribution is 2.28. The van der Waals surface area contributed by atoms with Crippen molar-refractivity contribution in [3.05, 3.63) is 0 Å². The molecule has 0 aromatic rings. The Morgan fingerprint density at radius 1 is 1.14 bits per heavy atom. The molecule has 2 heterocycles. The molecule has 2 saturated heterocycles. The Kier molecular flexibility index (Phi) is 4.91. The molecule has 0 spiro atoms. The first-order valence-corrected chi connectivity index (χ1v) is 8.08. The Balaban J connectivity index is 2.29. The minimum absolute atomic E-state index is 0.0336. The van der Waals surface area contributed by atoms with Crippen molar-refractivity contribution in [3.8, 4) is 0 Å². The van der Waals surface area contributed by atoms with E-state index < -0.39 is 12.1 Å². The number of amides is 2. The molecular weight excluding hydrogens is 268 g/mol. The fourth-order valence-electron chi connectivity index (χ4n) is 3.42. The van der Waals surface area contributed by atoms with Crippen LogP contribution in [-0.4, -0.2) is 47.6 Å². The maximum atomic E-state index is 12.9. The quantitative estimate of drug-likeness (QED) is 0.856. The topological polar surface area (TPSA) is 58.6 Å². The van der Waals surface area contributed by atoms with E-state index in [1.165, 1.54) is 0 Å². The molecule has 2 fully saturated rings. The Morgan fingerprint density at radius 2 is 1.81 bits per heavy atom. The van der Waals surface area contributed by atoms with Crippen LogP contribution >= 0.6 is 0 Å². The number of hydrogen-bond acceptors (Lipinski definition) is 3. The van der Waals surface area contributed by atoms with Gasteiger partial charge in [0.15, 0.2) is 0 Å². The third-order valence-corrected chi connectivity index (χ3v) is 4.63. The van der Waals surface area contributed by atoms with Crippen LogP contribution in [-0.2, 0) is 14.3 Å². The van der Waals surface area contributed by atoms with E-state index >= 15 is 0 Å². The summed E-state index contributed by atoms with van der Waals surface area (Å²) in [6.45, 7) is 10.7. The van der Waals surface area contributed by atoms with Gasteiger partial charge in [0, 0.05) is 6.61 Å². The minimum atomic E-state index is -0.420. The molecule has 0 bridgehead atoms. The van der Waals surface area contributed by atoms with E-state index in [0.29, 0.717) is 0 Å². The molecule has 0 saturated carbocycles. The first-order valence-electron chi connectivity index (χ1n) is 8.08. The van der Waals surface area contributed by atoms with Gasteiger partial charge in [-0.3, -0.25) is 9.59 Å². The summed E-state index contributed by atoms with van der Waals surface area (Å²) >= 11 is 0. The summed E-state index contributed by atoms with van der Waals surface area (Å²) in [5, 5.41) is 2.90. The Bertz CT molecular complexity index is 402. The van der Waals surface area contributed by atoms with Crippen LogP contribution in [0.5, 0.6) is 0 Å². The fraction of sp³-hybridized carbons (Fsp3) is 0.875. The van der Waals surface area contributed by atoms with Crippen LogP contribution < -0.4 is 5.32 Å². The second-order valence-corrected chi connectivity index (χ2v) is 6.96. The highest BCUT2D eigenvalue weighted by atomic mass is 16.5. The highest BCUT2D eigenvalue weighted by molar-refractivity contribution is 5.97. The smallest absolute Gasteiger partial charge is 0.246 e. The molecule has 0 aliphatic carbocycles. The molecule has 0 radical (unpaired) electrons. The van der Waals surface area contributed by atoms with Gasteiger partial charge in [-0.1, -0.05) is 27.7 Å². The van der Waals surface area contributed by atoms with Crippen LogP contribution in [0, 0.1) is 11.8 Å². The maximum Gasteiger partial charge on any atom is 0.246 e. The van der Waals surface area contributed by atoms with Crippen molar-refractivity contribution >= 4 is 11.8 Å². The summed E-state index contributed by atoms with van der Waals surface area (Å²) in [4.78, 5) is 27.2. The molecule has 2 amide bonds. The number of nitrogens with one attached hydrogen (secondary N) is 1. The fourth-order valence-corrected chi connectivity index (χ4v) is 3.42. The normalized spacial score (nSPS) is 32.0. The van der Waals surface area contributed by atoms with Gasteiger partial charge in [-0.05, 0) is 31.6 Å². The SMILES string of the molecule is CC(C)C1NC(=O)C(C(C)C)N(C(C)C2CCCO2)C1=O. The molecule has 5 nitrogen and oxygen atoms in total. The summed E-state index contributed by atoms with van der Waals surface area (Å²) in [6.07, 6.45) is 2.04. The Hall–Kier alpha value is -1.10. The van der Waals surface area contributed by atoms with Crippen LogP contribution in [0.15, 0.2) is 0 Å². The average molecular weight is 296 g/mol. The lowest BCUT2D eigenvalue weighted by Crippen LogP contribution is -2.69. The molecule has 120 valence electrons. The Labute approximate surface area is 127 Å². The monoisotopic (exact) mass is 296 g/mol. The number of carbonyl (C=O) groups is 2. The van der Waals surface area contributed by atoms with Gasteiger partial charge < -0.3 is 15.0 Å². The van der Waals surface area contributed by atoms with Crippen molar-refractivity contribution in [3.63, 3.8) is 0 Å². The van der Waals surface area contributed by atoms with Gasteiger partial charge in [-0.2, -0.15) is 0 Å². The predicted octanol–water partition coefficient (Wildman–Crippen LogP) is 1.56. The van der Waals surface area contributed by atoms with Crippen LogP contribution in [0.2, 0.25) is 0 Å². The van der Waals surface area contributed by atoms with Gasteiger partial charge >= 0.3 is 0 Å². The molecule has 0 aromatic heterocycles. The van der Waals surface area contributed by atoms with Crippen LogP contribution in [0.25, 0.3) is 0 Å². The molecule has 2 rings (SSSR count). The van der Waals surface area contributed by atoms with Gasteiger partial charge in [-0.25, -0.2) is 0 Å². The van der Waals surface area contributed by atoms with Crippen LogP contribution in [0.4, 0.5) is 0 Å². The summed E-state index contributed by atoms with van der Waals surface area (Å²) in [7, 11) is 0. The molecule has 2 aliphatic rings. The second kappa shape index (κ2) is 6.34. The zero-order valence-electron chi connectivity index (χ0n) is 13.8. The zero-order chi connectivity index (χ0) is 15.7. The lowest BCUT2D eigenvalue weighted by Gasteiger charge is -2.46. The van der Waals surface area contributed by atoms with Gasteiger partial charge in [0.1, 0.15) is 12.1 Å². The summed E-state index contributed by atoms with van der Waals surface area (Å²) in [5.41, 5.74) is 0. The zero-order valence-corrected chi connectivity index (χ0v) is 13.8. The molecule has 5 heteroatoms. The van der Waals surface area contributed by atoms with Crippen LogP contribution in [0.1, 0.15) is 47.5 Å². The third-order valence-electron chi connectivity index (χ3n) is 4.63. The van der Waals surface area contributed by atoms with E-state index in [1.807, 2.05) is 34.6 Å². The van der Waals surface area contributed by atoms with E-state index in [0.717, 1.165) is 19.4 Å². The standard InChI is InChI=1S/C16H28N2O3/c1-9(2)13-16(20)18(11(5)12-7-6-8-21-12)14(10(3)4)15(19)17-13/h9-14H,6-8H2,1-5H3,(H,17,19). The van der Waals surface area contributed by atoms with Crippen molar-refractivity contribution in [2.75, 3.05) is 6.61 Å². The van der Waals surface area contributed by atoms with E-state index in [4.69, 9.17) is 4.74 Å². The second-order valence-electron chi connectivity index (χ2n) is 6.96. The van der Waals surface area contributed by atoms with E-state index in [-0.39, 0.29) is 35.8 Å². The average Bonchev–Trinajstić information content (AvgIpc) is 2.92. The molecule has 4 atom stereocenters. The Morgan fingerprint density at radius 3 is 2.29 bits per heavy atom. The molecule has 4 unspecified atom stereocenters. The van der Waals surface area contributed by atoms with Crippen molar-refractivity contribution in [2.45, 2.75) is 71.7 Å². The number of ether oxygens (including phenoxy) is 1. The van der Waals surface area contributed by atoms with Crippen molar-refractivity contribution in [1.29, 1.82) is 0 Å². The number of rotatable bonds is 4. The van der Waals surface area contributed by atoms with Gasteiger partial charge in [0.25, 0.3) is 0 Å². The van der Waals surface area contributed by atoms with E-state index in [1.54, 1.807) is 4.90 Å². The van der Waals surface area contributed by atoms with Crippen LogP contribution in [0.3, 0.4) is 0 Å². The first-order chi connectivity index (χ1) is 9.84. The number of nitrogens with zero attached hydrogens (tertiary/aromatic N) is 1.